The predicted molar refractivity (Wildman–Crippen MR) is 95.0 cm³/mol. The normalized spacial score (nSPS) is 10.7. The number of imidazole rings is 1. The van der Waals surface area contributed by atoms with E-state index >= 15 is 0 Å². The summed E-state index contributed by atoms with van der Waals surface area (Å²) in [5.74, 6) is -0.651. The molecule has 3 aromatic rings. The molecule has 0 spiro atoms. The Hall–Kier alpha value is -3.15. The van der Waals surface area contributed by atoms with E-state index in [-0.39, 0.29) is 5.91 Å². The number of esters is 1. The number of carbonyl (C=O) groups is 2. The Bertz CT molecular complexity index is 942. The number of benzene rings is 1. The minimum Gasteiger partial charge on any atom is -0.465 e. The van der Waals surface area contributed by atoms with Crippen LogP contribution in [0.2, 0.25) is 0 Å². The number of hydrogen-bond acceptors (Lipinski definition) is 4. The summed E-state index contributed by atoms with van der Waals surface area (Å²) in [5.41, 5.74) is 4.14. The molecule has 0 radical (unpaired) electrons. The largest absolute Gasteiger partial charge is 0.465 e. The zero-order valence-corrected chi connectivity index (χ0v) is 14.4. The van der Waals surface area contributed by atoms with Gasteiger partial charge in [-0.15, -0.1) is 0 Å². The molecular weight excluding hydrogens is 318 g/mol. The minimum atomic E-state index is -0.414. The van der Waals surface area contributed by atoms with Crippen molar-refractivity contribution in [3.63, 3.8) is 0 Å². The van der Waals surface area contributed by atoms with E-state index in [9.17, 15) is 9.59 Å². The molecule has 128 valence electrons. The topological polar surface area (TPSA) is 72.7 Å². The summed E-state index contributed by atoms with van der Waals surface area (Å²) in [7, 11) is 1.33. The maximum Gasteiger partial charge on any atom is 0.337 e. The number of carbonyl (C=O) groups excluding carboxylic acids is 2. The van der Waals surface area contributed by atoms with Crippen molar-refractivity contribution in [1.29, 1.82) is 0 Å². The maximum atomic E-state index is 12.8. The molecule has 1 amide bonds. The molecule has 0 bridgehead atoms. The Morgan fingerprint density at radius 2 is 1.92 bits per heavy atom. The lowest BCUT2D eigenvalue weighted by atomic mass is 10.2. The van der Waals surface area contributed by atoms with Gasteiger partial charge in [-0.2, -0.15) is 0 Å². The number of methoxy groups -OCH3 is 1. The number of hydrogen-bond donors (Lipinski definition) is 1. The lowest BCUT2D eigenvalue weighted by molar-refractivity contribution is 0.0600. The Morgan fingerprint density at radius 3 is 2.56 bits per heavy atom. The number of pyridine rings is 1. The highest BCUT2D eigenvalue weighted by Gasteiger charge is 2.18. The van der Waals surface area contributed by atoms with Crippen molar-refractivity contribution in [2.45, 2.75) is 20.3 Å². The fourth-order valence-electron chi connectivity index (χ4n) is 2.68. The van der Waals surface area contributed by atoms with Gasteiger partial charge in [0.15, 0.2) is 0 Å². The number of nitrogens with zero attached hydrogens (tertiary/aromatic N) is 2. The van der Waals surface area contributed by atoms with E-state index in [4.69, 9.17) is 0 Å². The van der Waals surface area contributed by atoms with Crippen molar-refractivity contribution in [3.8, 4) is 0 Å². The predicted octanol–water partition coefficient (Wildman–Crippen LogP) is 3.24. The molecule has 0 saturated carbocycles. The fraction of sp³-hybridized carbons (Fsp3) is 0.211. The van der Waals surface area contributed by atoms with Gasteiger partial charge >= 0.3 is 5.97 Å². The van der Waals surface area contributed by atoms with Gasteiger partial charge in [0.2, 0.25) is 0 Å². The third-order valence-corrected chi connectivity index (χ3v) is 3.97. The molecule has 0 aliphatic rings. The van der Waals surface area contributed by atoms with Gasteiger partial charge in [-0.1, -0.05) is 6.92 Å². The van der Waals surface area contributed by atoms with Crippen molar-refractivity contribution in [3.05, 3.63) is 65.1 Å². The monoisotopic (exact) mass is 337 g/mol. The van der Waals surface area contributed by atoms with Gasteiger partial charge in [0, 0.05) is 11.9 Å². The van der Waals surface area contributed by atoms with Crippen LogP contribution in [0, 0.1) is 6.92 Å². The second kappa shape index (κ2) is 6.76. The molecule has 25 heavy (non-hydrogen) atoms. The van der Waals surface area contributed by atoms with Gasteiger partial charge in [-0.25, -0.2) is 9.78 Å². The van der Waals surface area contributed by atoms with Crippen LogP contribution in [0.15, 0.2) is 42.6 Å². The van der Waals surface area contributed by atoms with E-state index < -0.39 is 5.97 Å². The third-order valence-electron chi connectivity index (χ3n) is 3.97. The van der Waals surface area contributed by atoms with E-state index in [0.717, 1.165) is 16.9 Å². The van der Waals surface area contributed by atoms with Crippen LogP contribution >= 0.6 is 0 Å². The molecule has 2 aromatic heterocycles. The van der Waals surface area contributed by atoms with E-state index in [1.54, 1.807) is 28.7 Å². The van der Waals surface area contributed by atoms with Gasteiger partial charge in [-0.05, 0) is 55.3 Å². The second-order valence-electron chi connectivity index (χ2n) is 5.72. The van der Waals surface area contributed by atoms with Gasteiger partial charge < -0.3 is 10.1 Å². The van der Waals surface area contributed by atoms with Crippen LogP contribution in [0.4, 0.5) is 5.69 Å². The number of aryl methyl sites for hydroxylation is 2. The Kier molecular flexibility index (Phi) is 4.52. The first kappa shape index (κ1) is 16.7. The Balaban J connectivity index is 1.91. The zero-order valence-electron chi connectivity index (χ0n) is 14.4. The van der Waals surface area contributed by atoms with E-state index in [0.29, 0.717) is 23.4 Å². The van der Waals surface area contributed by atoms with E-state index in [1.165, 1.54) is 7.11 Å². The first-order valence-corrected chi connectivity index (χ1v) is 8.00. The van der Waals surface area contributed by atoms with Gasteiger partial charge in [0.25, 0.3) is 5.91 Å². The summed E-state index contributed by atoms with van der Waals surface area (Å²) < 4.78 is 6.46. The van der Waals surface area contributed by atoms with Crippen LogP contribution in [0.25, 0.3) is 5.65 Å². The highest BCUT2D eigenvalue weighted by molar-refractivity contribution is 6.04. The first-order valence-electron chi connectivity index (χ1n) is 8.00. The highest BCUT2D eigenvalue weighted by Crippen LogP contribution is 2.18. The molecule has 0 fully saturated rings. The van der Waals surface area contributed by atoms with Crippen molar-refractivity contribution in [2.75, 3.05) is 12.4 Å². The van der Waals surface area contributed by atoms with Crippen LogP contribution in [0.1, 0.15) is 39.0 Å². The number of fused-ring (bicyclic) bond motifs is 1. The quantitative estimate of drug-likeness (QED) is 0.742. The summed E-state index contributed by atoms with van der Waals surface area (Å²) >= 11 is 0. The lowest BCUT2D eigenvalue weighted by Crippen LogP contribution is -2.16. The molecule has 0 unspecified atom stereocenters. The fourth-order valence-corrected chi connectivity index (χ4v) is 2.68. The summed E-state index contributed by atoms with van der Waals surface area (Å²) in [4.78, 5) is 28.8. The summed E-state index contributed by atoms with van der Waals surface area (Å²) in [6.07, 6.45) is 2.51. The van der Waals surface area contributed by atoms with E-state index in [2.05, 4.69) is 15.0 Å². The molecule has 0 saturated heterocycles. The Labute approximate surface area is 145 Å². The van der Waals surface area contributed by atoms with Gasteiger partial charge in [0.05, 0.1) is 18.4 Å². The molecule has 2 heterocycles. The van der Waals surface area contributed by atoms with Crippen molar-refractivity contribution in [1.82, 2.24) is 9.38 Å². The van der Waals surface area contributed by atoms with E-state index in [1.807, 2.05) is 32.2 Å². The third kappa shape index (κ3) is 3.24. The van der Waals surface area contributed by atoms with Crippen LogP contribution in [0.3, 0.4) is 0 Å². The second-order valence-corrected chi connectivity index (χ2v) is 5.72. The van der Waals surface area contributed by atoms with Crippen molar-refractivity contribution in [2.24, 2.45) is 0 Å². The summed E-state index contributed by atoms with van der Waals surface area (Å²) in [6, 6.07) is 10.4. The average Bonchev–Trinajstić information content (AvgIpc) is 2.99. The molecule has 6 heteroatoms. The van der Waals surface area contributed by atoms with Gasteiger partial charge in [0.1, 0.15) is 11.3 Å². The smallest absolute Gasteiger partial charge is 0.337 e. The van der Waals surface area contributed by atoms with Crippen molar-refractivity contribution < 1.29 is 14.3 Å². The number of rotatable bonds is 4. The minimum absolute atomic E-state index is 0.237. The first-order chi connectivity index (χ1) is 12.0. The molecule has 3 rings (SSSR count). The molecular formula is C19H19N3O3. The molecule has 0 atom stereocenters. The van der Waals surface area contributed by atoms with Crippen molar-refractivity contribution >= 4 is 23.2 Å². The maximum absolute atomic E-state index is 12.8. The molecule has 1 N–H and O–H groups in total. The zero-order chi connectivity index (χ0) is 18.0. The highest BCUT2D eigenvalue weighted by atomic mass is 16.5. The van der Waals surface area contributed by atoms with Gasteiger partial charge in [-0.3, -0.25) is 9.20 Å². The molecule has 0 aliphatic heterocycles. The average molecular weight is 337 g/mol. The number of anilines is 1. The standard InChI is InChI=1S/C19H19N3O3/c1-4-15-17(22-10-9-12(2)11-16(22)21-15)18(23)20-14-7-5-13(6-8-14)19(24)25-3/h5-11H,4H2,1-3H3,(H,20,23). The number of ether oxygens (including phenoxy) is 1. The summed E-state index contributed by atoms with van der Waals surface area (Å²) in [5, 5.41) is 2.86. The SMILES string of the molecule is CCc1nc2cc(C)ccn2c1C(=O)Nc1ccc(C(=O)OC)cc1. The number of nitrogens with one attached hydrogen (secondary N) is 1. The van der Waals surface area contributed by atoms with Crippen LogP contribution in [-0.2, 0) is 11.2 Å². The lowest BCUT2D eigenvalue weighted by Gasteiger charge is -2.07. The Morgan fingerprint density at radius 1 is 1.20 bits per heavy atom. The summed E-state index contributed by atoms with van der Waals surface area (Å²) in [6.45, 7) is 3.96. The molecule has 6 nitrogen and oxygen atoms in total. The molecule has 0 aliphatic carbocycles. The number of amides is 1. The van der Waals surface area contributed by atoms with Crippen LogP contribution in [-0.4, -0.2) is 28.4 Å². The van der Waals surface area contributed by atoms with Crippen LogP contribution < -0.4 is 5.32 Å². The number of aromatic nitrogens is 2. The molecule has 1 aromatic carbocycles. The van der Waals surface area contributed by atoms with Crippen LogP contribution in [0.5, 0.6) is 0 Å².